The molecule has 1 amide bonds. The minimum absolute atomic E-state index is 0.0463. The van der Waals surface area contributed by atoms with Gasteiger partial charge in [-0.1, -0.05) is 24.3 Å². The van der Waals surface area contributed by atoms with E-state index >= 15 is 0 Å². The molecule has 1 aliphatic rings. The second kappa shape index (κ2) is 5.45. The molecule has 1 saturated heterocycles. The molecule has 1 aliphatic heterocycles. The maximum atomic E-state index is 12.8. The molecule has 0 saturated carbocycles. The summed E-state index contributed by atoms with van der Waals surface area (Å²) < 4.78 is 0. The number of aromatic nitrogens is 1. The van der Waals surface area contributed by atoms with Gasteiger partial charge in [-0.05, 0) is 38.3 Å². The predicted octanol–water partition coefficient (Wildman–Crippen LogP) is 2.45. The fourth-order valence-corrected chi connectivity index (χ4v) is 2.89. The van der Waals surface area contributed by atoms with Crippen molar-refractivity contribution in [2.75, 3.05) is 20.1 Å². The van der Waals surface area contributed by atoms with Crippen LogP contribution in [0, 0.1) is 0 Å². The van der Waals surface area contributed by atoms with E-state index in [0.29, 0.717) is 5.69 Å². The number of hydrogen-bond acceptors (Lipinski definition) is 3. The summed E-state index contributed by atoms with van der Waals surface area (Å²) in [6.45, 7) is 3.77. The quantitative estimate of drug-likeness (QED) is 0.921. The van der Waals surface area contributed by atoms with Gasteiger partial charge in [0.1, 0.15) is 5.69 Å². The maximum absolute atomic E-state index is 12.8. The van der Waals surface area contributed by atoms with Gasteiger partial charge in [0.2, 0.25) is 0 Å². The second-order valence-corrected chi connectivity index (χ2v) is 5.98. The molecule has 0 bridgehead atoms. The first-order valence-corrected chi connectivity index (χ1v) is 7.45. The molecule has 0 spiro atoms. The number of rotatable bonds is 2. The van der Waals surface area contributed by atoms with Crippen molar-refractivity contribution in [1.29, 1.82) is 0 Å². The lowest BCUT2D eigenvalue weighted by Gasteiger charge is -2.39. The van der Waals surface area contributed by atoms with Gasteiger partial charge in [-0.2, -0.15) is 0 Å². The van der Waals surface area contributed by atoms with E-state index in [2.05, 4.69) is 17.2 Å². The molecule has 1 fully saturated rings. The van der Waals surface area contributed by atoms with Gasteiger partial charge in [0.15, 0.2) is 0 Å². The zero-order valence-corrected chi connectivity index (χ0v) is 12.6. The van der Waals surface area contributed by atoms with Gasteiger partial charge in [0.25, 0.3) is 5.91 Å². The van der Waals surface area contributed by atoms with Gasteiger partial charge in [0, 0.05) is 30.2 Å². The Labute approximate surface area is 125 Å². The molecule has 4 nitrogen and oxygen atoms in total. The van der Waals surface area contributed by atoms with E-state index in [1.807, 2.05) is 42.3 Å². The number of nitrogens with one attached hydrogen (secondary N) is 1. The van der Waals surface area contributed by atoms with Gasteiger partial charge in [-0.15, -0.1) is 0 Å². The van der Waals surface area contributed by atoms with Crippen LogP contribution in [-0.2, 0) is 0 Å². The summed E-state index contributed by atoms with van der Waals surface area (Å²) in [5.74, 6) is 0.0463. The molecule has 0 radical (unpaired) electrons. The molecule has 4 heteroatoms. The molecule has 21 heavy (non-hydrogen) atoms. The molecule has 0 atom stereocenters. The Balaban J connectivity index is 1.85. The number of amides is 1. The first-order valence-electron chi connectivity index (χ1n) is 7.45. The first-order chi connectivity index (χ1) is 10.1. The number of likely N-dealkylation sites (tertiary alicyclic amines) is 1. The van der Waals surface area contributed by atoms with Gasteiger partial charge < -0.3 is 10.2 Å². The first kappa shape index (κ1) is 14.0. The predicted molar refractivity (Wildman–Crippen MR) is 84.3 cm³/mol. The molecular weight excluding hydrogens is 262 g/mol. The van der Waals surface area contributed by atoms with Crippen molar-refractivity contribution >= 4 is 16.7 Å². The van der Waals surface area contributed by atoms with E-state index in [4.69, 9.17) is 0 Å². The van der Waals surface area contributed by atoms with Crippen molar-refractivity contribution in [2.45, 2.75) is 25.3 Å². The van der Waals surface area contributed by atoms with Crippen LogP contribution < -0.4 is 5.32 Å². The standard InChI is InChI=1S/C17H21N3O/c1-17(18-2)8-11-20(12-9-17)16(21)15-14-6-4-3-5-13(14)7-10-19-15/h3-7,10,18H,8-9,11-12H2,1-2H3. The Bertz CT molecular complexity index is 655. The summed E-state index contributed by atoms with van der Waals surface area (Å²) in [4.78, 5) is 19.0. The highest BCUT2D eigenvalue weighted by molar-refractivity contribution is 6.05. The number of pyridine rings is 1. The SMILES string of the molecule is CNC1(C)CCN(C(=O)c2nccc3ccccc23)CC1. The minimum atomic E-state index is 0.0463. The van der Waals surface area contributed by atoms with Crippen LogP contribution in [0.15, 0.2) is 36.5 Å². The fourth-order valence-electron chi connectivity index (χ4n) is 2.89. The minimum Gasteiger partial charge on any atom is -0.337 e. The van der Waals surface area contributed by atoms with E-state index < -0.39 is 0 Å². The number of piperidine rings is 1. The summed E-state index contributed by atoms with van der Waals surface area (Å²) >= 11 is 0. The zero-order chi connectivity index (χ0) is 14.9. The average Bonchev–Trinajstić information content (AvgIpc) is 2.54. The summed E-state index contributed by atoms with van der Waals surface area (Å²) in [6, 6.07) is 9.87. The van der Waals surface area contributed by atoms with E-state index in [9.17, 15) is 4.79 Å². The van der Waals surface area contributed by atoms with Crippen LogP contribution in [0.5, 0.6) is 0 Å². The topological polar surface area (TPSA) is 45.2 Å². The van der Waals surface area contributed by atoms with Crippen LogP contribution in [0.4, 0.5) is 0 Å². The highest BCUT2D eigenvalue weighted by Gasteiger charge is 2.31. The molecule has 3 rings (SSSR count). The number of hydrogen-bond donors (Lipinski definition) is 1. The normalized spacial score (nSPS) is 17.9. The van der Waals surface area contributed by atoms with E-state index in [1.54, 1.807) is 6.20 Å². The fraction of sp³-hybridized carbons (Fsp3) is 0.412. The number of carbonyl (C=O) groups is 1. The molecule has 110 valence electrons. The summed E-state index contributed by atoms with van der Waals surface area (Å²) in [5.41, 5.74) is 0.712. The van der Waals surface area contributed by atoms with E-state index in [1.165, 1.54) is 0 Å². The summed E-state index contributed by atoms with van der Waals surface area (Å²) in [6.07, 6.45) is 3.66. The zero-order valence-electron chi connectivity index (χ0n) is 12.6. The molecule has 0 aliphatic carbocycles. The van der Waals surface area contributed by atoms with Crippen LogP contribution in [0.2, 0.25) is 0 Å². The molecule has 2 heterocycles. The van der Waals surface area contributed by atoms with Crippen molar-refractivity contribution in [2.24, 2.45) is 0 Å². The van der Waals surface area contributed by atoms with Crippen LogP contribution in [0.1, 0.15) is 30.3 Å². The van der Waals surface area contributed by atoms with E-state index in [-0.39, 0.29) is 11.4 Å². The lowest BCUT2D eigenvalue weighted by atomic mass is 9.89. The van der Waals surface area contributed by atoms with Crippen LogP contribution >= 0.6 is 0 Å². The van der Waals surface area contributed by atoms with Gasteiger partial charge >= 0.3 is 0 Å². The summed E-state index contributed by atoms with van der Waals surface area (Å²) in [7, 11) is 1.99. The van der Waals surface area contributed by atoms with Crippen molar-refractivity contribution in [3.63, 3.8) is 0 Å². The Morgan fingerprint density at radius 2 is 1.95 bits per heavy atom. The third-order valence-corrected chi connectivity index (χ3v) is 4.63. The molecule has 1 N–H and O–H groups in total. The largest absolute Gasteiger partial charge is 0.337 e. The van der Waals surface area contributed by atoms with Crippen LogP contribution in [0.3, 0.4) is 0 Å². The van der Waals surface area contributed by atoms with Crippen molar-refractivity contribution in [1.82, 2.24) is 15.2 Å². The third kappa shape index (κ3) is 2.63. The Hall–Kier alpha value is -1.94. The van der Waals surface area contributed by atoms with Crippen LogP contribution in [-0.4, -0.2) is 41.5 Å². The molecule has 2 aromatic rings. The van der Waals surface area contributed by atoms with Gasteiger partial charge in [0.05, 0.1) is 0 Å². The number of benzene rings is 1. The van der Waals surface area contributed by atoms with Crippen LogP contribution in [0.25, 0.3) is 10.8 Å². The van der Waals surface area contributed by atoms with E-state index in [0.717, 1.165) is 36.7 Å². The van der Waals surface area contributed by atoms with Crippen molar-refractivity contribution in [3.8, 4) is 0 Å². The Morgan fingerprint density at radius 3 is 2.67 bits per heavy atom. The Kier molecular flexibility index (Phi) is 3.64. The van der Waals surface area contributed by atoms with Gasteiger partial charge in [-0.3, -0.25) is 9.78 Å². The number of fused-ring (bicyclic) bond motifs is 1. The lowest BCUT2D eigenvalue weighted by Crippen LogP contribution is -2.51. The average molecular weight is 283 g/mol. The molecule has 1 aromatic heterocycles. The monoisotopic (exact) mass is 283 g/mol. The Morgan fingerprint density at radius 1 is 1.24 bits per heavy atom. The second-order valence-electron chi connectivity index (χ2n) is 5.98. The molecular formula is C17H21N3O. The van der Waals surface area contributed by atoms with Crippen molar-refractivity contribution in [3.05, 3.63) is 42.2 Å². The van der Waals surface area contributed by atoms with Crippen molar-refractivity contribution < 1.29 is 4.79 Å². The van der Waals surface area contributed by atoms with Gasteiger partial charge in [-0.25, -0.2) is 0 Å². The number of carbonyl (C=O) groups excluding carboxylic acids is 1. The highest BCUT2D eigenvalue weighted by Crippen LogP contribution is 2.24. The lowest BCUT2D eigenvalue weighted by molar-refractivity contribution is 0.0658. The smallest absolute Gasteiger partial charge is 0.273 e. The third-order valence-electron chi connectivity index (χ3n) is 4.63. The highest BCUT2D eigenvalue weighted by atomic mass is 16.2. The molecule has 1 aromatic carbocycles. The number of nitrogens with zero attached hydrogens (tertiary/aromatic N) is 2. The molecule has 0 unspecified atom stereocenters. The summed E-state index contributed by atoms with van der Waals surface area (Å²) in [5, 5.41) is 5.36. The maximum Gasteiger partial charge on any atom is 0.273 e.